The Morgan fingerprint density at radius 1 is 1.10 bits per heavy atom. The van der Waals surface area contributed by atoms with Crippen molar-refractivity contribution in [2.75, 3.05) is 0 Å². The van der Waals surface area contributed by atoms with Gasteiger partial charge in [0.1, 0.15) is 0 Å². The van der Waals surface area contributed by atoms with E-state index < -0.39 is 0 Å². The van der Waals surface area contributed by atoms with E-state index in [4.69, 9.17) is 0 Å². The van der Waals surface area contributed by atoms with Gasteiger partial charge in [-0.2, -0.15) is 0 Å². The Hall–Kier alpha value is -1.59. The average Bonchev–Trinajstić information content (AvgIpc) is 2.50. The van der Waals surface area contributed by atoms with E-state index in [1.54, 1.807) is 13.0 Å². The van der Waals surface area contributed by atoms with Crippen molar-refractivity contribution >= 4 is 5.78 Å². The first-order chi connectivity index (χ1) is 10.1. The fourth-order valence-electron chi connectivity index (χ4n) is 2.71. The second-order valence-corrected chi connectivity index (χ2v) is 5.80. The molecular formula is C20H28O. The van der Waals surface area contributed by atoms with Crippen LogP contribution in [0.5, 0.6) is 0 Å². The molecule has 1 heteroatoms. The van der Waals surface area contributed by atoms with Crippen molar-refractivity contribution in [3.8, 4) is 0 Å². The Bertz CT molecular complexity index is 470. The zero-order chi connectivity index (χ0) is 15.6. The van der Waals surface area contributed by atoms with Gasteiger partial charge in [-0.3, -0.25) is 4.79 Å². The van der Waals surface area contributed by atoms with Crippen LogP contribution in [-0.2, 0) is 10.2 Å². The molecule has 0 atom stereocenters. The first kappa shape index (κ1) is 17.5. The lowest BCUT2D eigenvalue weighted by atomic mass is 9.72. The number of carbonyl (C=O) groups excluding carboxylic acids is 1. The molecule has 0 saturated heterocycles. The predicted molar refractivity (Wildman–Crippen MR) is 90.5 cm³/mol. The highest BCUT2D eigenvalue weighted by molar-refractivity contribution is 5.86. The topological polar surface area (TPSA) is 17.1 Å². The van der Waals surface area contributed by atoms with Gasteiger partial charge >= 0.3 is 0 Å². The summed E-state index contributed by atoms with van der Waals surface area (Å²) in [4.78, 5) is 11.2. The summed E-state index contributed by atoms with van der Waals surface area (Å²) in [5.74, 6) is 0.0548. The Morgan fingerprint density at radius 3 is 2.14 bits per heavy atom. The van der Waals surface area contributed by atoms with Gasteiger partial charge in [0.05, 0.1) is 0 Å². The van der Waals surface area contributed by atoms with E-state index in [9.17, 15) is 4.79 Å². The summed E-state index contributed by atoms with van der Waals surface area (Å²) in [6.07, 6.45) is 10.7. The van der Waals surface area contributed by atoms with Gasteiger partial charge < -0.3 is 0 Å². The van der Waals surface area contributed by atoms with E-state index >= 15 is 0 Å². The van der Waals surface area contributed by atoms with Crippen molar-refractivity contribution in [3.63, 3.8) is 0 Å². The quantitative estimate of drug-likeness (QED) is 0.426. The lowest BCUT2D eigenvalue weighted by molar-refractivity contribution is -0.112. The van der Waals surface area contributed by atoms with Crippen LogP contribution in [0.25, 0.3) is 0 Å². The van der Waals surface area contributed by atoms with Gasteiger partial charge in [0.2, 0.25) is 0 Å². The standard InChI is InChI=1S/C20H28O/c1-4-6-15-20(16-7-5-2,17-11-12-18(3)21)19-13-9-8-10-14-19/h8-10,12-14,17H,4-7,15-16H2,1-3H3. The maximum Gasteiger partial charge on any atom is 0.160 e. The van der Waals surface area contributed by atoms with Crippen LogP contribution in [0.15, 0.2) is 48.2 Å². The van der Waals surface area contributed by atoms with Gasteiger partial charge in [0.25, 0.3) is 0 Å². The molecule has 0 bridgehead atoms. The van der Waals surface area contributed by atoms with Crippen molar-refractivity contribution in [2.45, 2.75) is 64.7 Å². The number of hydrogen-bond acceptors (Lipinski definition) is 1. The van der Waals surface area contributed by atoms with E-state index in [1.807, 2.05) is 0 Å². The summed E-state index contributed by atoms with van der Waals surface area (Å²) in [5.41, 5.74) is 4.50. The van der Waals surface area contributed by atoms with Gasteiger partial charge in [-0.15, -0.1) is 5.73 Å². The Morgan fingerprint density at radius 2 is 1.67 bits per heavy atom. The van der Waals surface area contributed by atoms with Crippen LogP contribution in [-0.4, -0.2) is 5.78 Å². The molecule has 1 aromatic rings. The van der Waals surface area contributed by atoms with E-state index in [0.29, 0.717) is 0 Å². The molecule has 21 heavy (non-hydrogen) atoms. The first-order valence-corrected chi connectivity index (χ1v) is 8.14. The minimum absolute atomic E-state index is 0.0131. The molecule has 0 aliphatic rings. The third-order valence-electron chi connectivity index (χ3n) is 3.95. The normalized spacial score (nSPS) is 10.8. The lowest BCUT2D eigenvalue weighted by Gasteiger charge is -2.31. The smallest absolute Gasteiger partial charge is 0.160 e. The fourth-order valence-corrected chi connectivity index (χ4v) is 2.71. The highest BCUT2D eigenvalue weighted by Crippen LogP contribution is 2.36. The van der Waals surface area contributed by atoms with Crippen molar-refractivity contribution in [3.05, 3.63) is 53.8 Å². The molecule has 1 rings (SSSR count). The molecule has 0 heterocycles. The minimum Gasteiger partial charge on any atom is -0.294 e. The highest BCUT2D eigenvalue weighted by atomic mass is 16.1. The number of carbonyl (C=O) groups is 1. The molecule has 0 spiro atoms. The first-order valence-electron chi connectivity index (χ1n) is 8.14. The molecule has 0 aromatic heterocycles. The summed E-state index contributed by atoms with van der Waals surface area (Å²) in [6, 6.07) is 10.7. The number of hydrogen-bond donors (Lipinski definition) is 0. The molecule has 0 fully saturated rings. The number of benzene rings is 1. The van der Waals surface area contributed by atoms with E-state index in [2.05, 4.69) is 56.0 Å². The Labute approximate surface area is 129 Å². The van der Waals surface area contributed by atoms with Crippen LogP contribution in [0.2, 0.25) is 0 Å². The molecule has 0 saturated carbocycles. The lowest BCUT2D eigenvalue weighted by Crippen LogP contribution is -2.23. The fraction of sp³-hybridized carbons (Fsp3) is 0.500. The SMILES string of the molecule is CCCCC(C=C=CC(C)=O)(CCCC)c1ccccc1. The summed E-state index contributed by atoms with van der Waals surface area (Å²) >= 11 is 0. The van der Waals surface area contributed by atoms with Crippen LogP contribution in [0.4, 0.5) is 0 Å². The van der Waals surface area contributed by atoms with Crippen molar-refractivity contribution in [1.29, 1.82) is 0 Å². The summed E-state index contributed by atoms with van der Waals surface area (Å²) in [7, 11) is 0. The van der Waals surface area contributed by atoms with Gasteiger partial charge in [-0.05, 0) is 31.4 Å². The largest absolute Gasteiger partial charge is 0.294 e. The van der Waals surface area contributed by atoms with Crippen LogP contribution < -0.4 is 0 Å². The molecule has 0 aliphatic heterocycles. The van der Waals surface area contributed by atoms with Gasteiger partial charge in [0, 0.05) is 11.5 Å². The van der Waals surface area contributed by atoms with Crippen LogP contribution in [0.1, 0.15) is 64.9 Å². The molecule has 0 radical (unpaired) electrons. The number of rotatable bonds is 9. The number of ketones is 1. The highest BCUT2D eigenvalue weighted by Gasteiger charge is 2.28. The van der Waals surface area contributed by atoms with Crippen LogP contribution >= 0.6 is 0 Å². The monoisotopic (exact) mass is 284 g/mol. The van der Waals surface area contributed by atoms with E-state index in [-0.39, 0.29) is 11.2 Å². The van der Waals surface area contributed by atoms with Crippen molar-refractivity contribution in [2.24, 2.45) is 0 Å². The second-order valence-electron chi connectivity index (χ2n) is 5.80. The number of allylic oxidation sites excluding steroid dienone is 1. The third-order valence-corrected chi connectivity index (χ3v) is 3.95. The van der Waals surface area contributed by atoms with Gasteiger partial charge in [-0.25, -0.2) is 0 Å². The third kappa shape index (κ3) is 5.73. The average molecular weight is 284 g/mol. The maximum absolute atomic E-state index is 11.2. The molecular weight excluding hydrogens is 256 g/mol. The summed E-state index contributed by atoms with van der Waals surface area (Å²) < 4.78 is 0. The summed E-state index contributed by atoms with van der Waals surface area (Å²) in [6.45, 7) is 6.03. The molecule has 0 amide bonds. The van der Waals surface area contributed by atoms with Crippen molar-refractivity contribution < 1.29 is 4.79 Å². The number of unbranched alkanes of at least 4 members (excludes halogenated alkanes) is 2. The van der Waals surface area contributed by atoms with E-state index in [1.165, 1.54) is 31.2 Å². The molecule has 0 N–H and O–H groups in total. The Kier molecular flexibility index (Phi) is 7.79. The van der Waals surface area contributed by atoms with Crippen molar-refractivity contribution in [1.82, 2.24) is 0 Å². The maximum atomic E-state index is 11.2. The second kappa shape index (κ2) is 9.37. The predicted octanol–water partition coefficient (Wildman–Crippen LogP) is 5.61. The molecule has 1 aromatic carbocycles. The minimum atomic E-state index is 0.0131. The zero-order valence-corrected chi connectivity index (χ0v) is 13.7. The molecule has 0 aliphatic carbocycles. The van der Waals surface area contributed by atoms with Crippen LogP contribution in [0, 0.1) is 0 Å². The molecule has 114 valence electrons. The Balaban J connectivity index is 3.20. The zero-order valence-electron chi connectivity index (χ0n) is 13.7. The van der Waals surface area contributed by atoms with Gasteiger partial charge in [0.15, 0.2) is 5.78 Å². The molecule has 0 unspecified atom stereocenters. The molecule has 1 nitrogen and oxygen atoms in total. The van der Waals surface area contributed by atoms with E-state index in [0.717, 1.165) is 12.8 Å². The summed E-state index contributed by atoms with van der Waals surface area (Å²) in [5, 5.41) is 0. The van der Waals surface area contributed by atoms with Crippen LogP contribution in [0.3, 0.4) is 0 Å². The van der Waals surface area contributed by atoms with Gasteiger partial charge in [-0.1, -0.05) is 69.9 Å².